The lowest BCUT2D eigenvalue weighted by molar-refractivity contribution is -0.135. The average molecular weight is 197 g/mol. The first kappa shape index (κ1) is 10.4. The van der Waals surface area contributed by atoms with Gasteiger partial charge in [-0.3, -0.25) is 0 Å². The highest BCUT2D eigenvalue weighted by Crippen LogP contribution is 2.42. The Morgan fingerprint density at radius 1 is 1.43 bits per heavy atom. The fourth-order valence-corrected chi connectivity index (χ4v) is 2.60. The molecule has 2 heteroatoms. The summed E-state index contributed by atoms with van der Waals surface area (Å²) < 4.78 is 5.90. The van der Waals surface area contributed by atoms with Crippen molar-refractivity contribution in [1.82, 2.24) is 5.32 Å². The van der Waals surface area contributed by atoms with E-state index in [4.69, 9.17) is 4.74 Å². The minimum atomic E-state index is 0.308. The molecule has 0 amide bonds. The van der Waals surface area contributed by atoms with Crippen molar-refractivity contribution in [1.29, 1.82) is 0 Å². The molecule has 0 aromatic heterocycles. The molecule has 1 heterocycles. The van der Waals surface area contributed by atoms with E-state index < -0.39 is 0 Å². The maximum absolute atomic E-state index is 5.90. The molecule has 1 saturated heterocycles. The second-order valence-corrected chi connectivity index (χ2v) is 4.88. The summed E-state index contributed by atoms with van der Waals surface area (Å²) in [5.74, 6) is 0. The molecule has 1 spiro atoms. The van der Waals surface area contributed by atoms with Crippen LogP contribution in [0.4, 0.5) is 0 Å². The summed E-state index contributed by atoms with van der Waals surface area (Å²) >= 11 is 0. The lowest BCUT2D eigenvalue weighted by Gasteiger charge is -2.47. The fourth-order valence-electron chi connectivity index (χ4n) is 2.60. The van der Waals surface area contributed by atoms with E-state index in [0.29, 0.717) is 5.60 Å². The van der Waals surface area contributed by atoms with Gasteiger partial charge in [0, 0.05) is 12.6 Å². The summed E-state index contributed by atoms with van der Waals surface area (Å²) in [6.07, 6.45) is 9.06. The number of hydrogen-bond acceptors (Lipinski definition) is 2. The molecular formula is C12H23NO. The van der Waals surface area contributed by atoms with Crippen LogP contribution in [0, 0.1) is 0 Å². The predicted molar refractivity (Wildman–Crippen MR) is 58.5 cm³/mol. The number of nitrogens with one attached hydrogen (secondary N) is 1. The number of unbranched alkanes of at least 4 members (excludes halogenated alkanes) is 1. The number of rotatable bonds is 4. The Morgan fingerprint density at radius 3 is 2.93 bits per heavy atom. The summed E-state index contributed by atoms with van der Waals surface area (Å²) in [6.45, 7) is 4.42. The monoisotopic (exact) mass is 197 g/mol. The van der Waals surface area contributed by atoms with Crippen molar-refractivity contribution < 1.29 is 4.74 Å². The van der Waals surface area contributed by atoms with Gasteiger partial charge in [-0.2, -0.15) is 0 Å². The zero-order chi connectivity index (χ0) is 9.86. The third-order valence-electron chi connectivity index (χ3n) is 3.72. The maximum Gasteiger partial charge on any atom is 0.0697 e. The molecule has 14 heavy (non-hydrogen) atoms. The largest absolute Gasteiger partial charge is 0.375 e. The van der Waals surface area contributed by atoms with Gasteiger partial charge in [0.25, 0.3) is 0 Å². The number of ether oxygens (including phenoxy) is 1. The van der Waals surface area contributed by atoms with Gasteiger partial charge in [-0.15, -0.1) is 0 Å². The van der Waals surface area contributed by atoms with Crippen LogP contribution in [0.3, 0.4) is 0 Å². The van der Waals surface area contributed by atoms with E-state index in [0.717, 1.165) is 12.6 Å². The van der Waals surface area contributed by atoms with E-state index in [1.807, 2.05) is 0 Å². The molecule has 0 radical (unpaired) electrons. The van der Waals surface area contributed by atoms with Crippen molar-refractivity contribution in [3.63, 3.8) is 0 Å². The summed E-state index contributed by atoms with van der Waals surface area (Å²) in [7, 11) is 0. The van der Waals surface area contributed by atoms with Crippen molar-refractivity contribution in [2.75, 3.05) is 13.2 Å². The minimum Gasteiger partial charge on any atom is -0.375 e. The van der Waals surface area contributed by atoms with E-state index in [1.54, 1.807) is 0 Å². The highest BCUT2D eigenvalue weighted by Gasteiger charge is 2.42. The molecule has 2 fully saturated rings. The average Bonchev–Trinajstić information content (AvgIpc) is 2.17. The van der Waals surface area contributed by atoms with Crippen molar-refractivity contribution in [2.45, 2.75) is 63.5 Å². The molecule has 1 N–H and O–H groups in total. The maximum atomic E-state index is 5.90. The van der Waals surface area contributed by atoms with Crippen LogP contribution in [0.1, 0.15) is 51.9 Å². The van der Waals surface area contributed by atoms with E-state index in [1.165, 1.54) is 51.5 Å². The molecule has 1 unspecified atom stereocenters. The minimum absolute atomic E-state index is 0.308. The van der Waals surface area contributed by atoms with Crippen LogP contribution in [0.5, 0.6) is 0 Å². The molecule has 1 atom stereocenters. The summed E-state index contributed by atoms with van der Waals surface area (Å²) in [6, 6.07) is 0.732. The van der Waals surface area contributed by atoms with E-state index in [2.05, 4.69) is 12.2 Å². The van der Waals surface area contributed by atoms with Crippen LogP contribution >= 0.6 is 0 Å². The molecular weight excluding hydrogens is 174 g/mol. The first-order chi connectivity index (χ1) is 6.85. The molecule has 2 rings (SSSR count). The smallest absolute Gasteiger partial charge is 0.0697 e. The second kappa shape index (κ2) is 4.63. The Balaban J connectivity index is 1.71. The Morgan fingerprint density at radius 2 is 2.29 bits per heavy atom. The second-order valence-electron chi connectivity index (χ2n) is 4.88. The third-order valence-corrected chi connectivity index (χ3v) is 3.72. The standard InChI is InChI=1S/C12H23NO/c1-2-3-8-13-11-5-9-14-12(10-11)6-4-7-12/h11,13H,2-10H2,1H3. The molecule has 0 aromatic carbocycles. The lowest BCUT2D eigenvalue weighted by atomic mass is 9.74. The SMILES string of the molecule is CCCCNC1CCOC2(CCC2)C1. The van der Waals surface area contributed by atoms with Gasteiger partial charge in [0.05, 0.1) is 5.60 Å². The van der Waals surface area contributed by atoms with Crippen molar-refractivity contribution in [2.24, 2.45) is 0 Å². The van der Waals surface area contributed by atoms with E-state index in [-0.39, 0.29) is 0 Å². The normalized spacial score (nSPS) is 30.2. The van der Waals surface area contributed by atoms with Gasteiger partial charge in [0.2, 0.25) is 0 Å². The Kier molecular flexibility index (Phi) is 3.45. The summed E-state index contributed by atoms with van der Waals surface area (Å²) in [4.78, 5) is 0. The van der Waals surface area contributed by atoms with Gasteiger partial charge >= 0.3 is 0 Å². The van der Waals surface area contributed by atoms with Crippen molar-refractivity contribution in [3.8, 4) is 0 Å². The molecule has 0 bridgehead atoms. The zero-order valence-corrected chi connectivity index (χ0v) is 9.35. The van der Waals surface area contributed by atoms with Crippen LogP contribution in [0.25, 0.3) is 0 Å². The van der Waals surface area contributed by atoms with Gasteiger partial charge in [-0.25, -0.2) is 0 Å². The van der Waals surface area contributed by atoms with Gasteiger partial charge in [0.15, 0.2) is 0 Å². The van der Waals surface area contributed by atoms with Crippen LogP contribution in [-0.4, -0.2) is 24.8 Å². The van der Waals surface area contributed by atoms with E-state index in [9.17, 15) is 0 Å². The van der Waals surface area contributed by atoms with Crippen LogP contribution in [-0.2, 0) is 4.74 Å². The van der Waals surface area contributed by atoms with Crippen molar-refractivity contribution >= 4 is 0 Å². The molecule has 1 aliphatic heterocycles. The van der Waals surface area contributed by atoms with Crippen molar-refractivity contribution in [3.05, 3.63) is 0 Å². The summed E-state index contributed by atoms with van der Waals surface area (Å²) in [5.41, 5.74) is 0.308. The van der Waals surface area contributed by atoms with Crippen LogP contribution in [0.2, 0.25) is 0 Å². The predicted octanol–water partition coefficient (Wildman–Crippen LogP) is 2.48. The molecule has 1 aliphatic carbocycles. The van der Waals surface area contributed by atoms with Crippen LogP contribution in [0.15, 0.2) is 0 Å². The molecule has 2 aliphatic rings. The molecule has 2 nitrogen and oxygen atoms in total. The molecule has 82 valence electrons. The highest BCUT2D eigenvalue weighted by atomic mass is 16.5. The Bertz CT molecular complexity index is 177. The molecule has 1 saturated carbocycles. The first-order valence-corrected chi connectivity index (χ1v) is 6.22. The van der Waals surface area contributed by atoms with Gasteiger partial charge in [-0.1, -0.05) is 13.3 Å². The third kappa shape index (κ3) is 2.29. The van der Waals surface area contributed by atoms with Gasteiger partial charge in [0.1, 0.15) is 0 Å². The van der Waals surface area contributed by atoms with Gasteiger partial charge < -0.3 is 10.1 Å². The number of hydrogen-bond donors (Lipinski definition) is 1. The highest BCUT2D eigenvalue weighted by molar-refractivity contribution is 4.95. The van der Waals surface area contributed by atoms with Crippen LogP contribution < -0.4 is 5.32 Å². The van der Waals surface area contributed by atoms with Gasteiger partial charge in [-0.05, 0) is 45.1 Å². The fraction of sp³-hybridized carbons (Fsp3) is 1.00. The Hall–Kier alpha value is -0.0800. The molecule has 0 aromatic rings. The summed E-state index contributed by atoms with van der Waals surface area (Å²) in [5, 5.41) is 3.67. The lowest BCUT2D eigenvalue weighted by Crippen LogP contribution is -2.51. The first-order valence-electron chi connectivity index (χ1n) is 6.22. The zero-order valence-electron chi connectivity index (χ0n) is 9.35. The van der Waals surface area contributed by atoms with E-state index >= 15 is 0 Å². The Labute approximate surface area is 87.4 Å². The topological polar surface area (TPSA) is 21.3 Å². The quantitative estimate of drug-likeness (QED) is 0.699.